The van der Waals surface area contributed by atoms with Crippen molar-refractivity contribution in [3.63, 3.8) is 0 Å². The third-order valence-electron chi connectivity index (χ3n) is 3.86. The average Bonchev–Trinajstić information content (AvgIpc) is 2.71. The number of amides is 1. The van der Waals surface area contributed by atoms with E-state index in [9.17, 15) is 9.59 Å². The molecule has 0 saturated heterocycles. The number of benzene rings is 2. The van der Waals surface area contributed by atoms with Crippen LogP contribution in [0.1, 0.15) is 18.0 Å². The van der Waals surface area contributed by atoms with Crippen LogP contribution in [0.2, 0.25) is 0 Å². The molecule has 0 bridgehead atoms. The van der Waals surface area contributed by atoms with Gasteiger partial charge in [-0.15, -0.1) is 0 Å². The molecule has 1 amide bonds. The predicted octanol–water partition coefficient (Wildman–Crippen LogP) is 2.50. The predicted molar refractivity (Wildman–Crippen MR) is 99.0 cm³/mol. The van der Waals surface area contributed by atoms with Crippen molar-refractivity contribution in [2.24, 2.45) is 0 Å². The monoisotopic (exact) mass is 373 g/mol. The lowest BCUT2D eigenvalue weighted by Crippen LogP contribution is -2.34. The van der Waals surface area contributed by atoms with E-state index in [1.807, 2.05) is 18.2 Å². The van der Waals surface area contributed by atoms with E-state index in [2.05, 4.69) is 5.32 Å². The molecule has 7 heteroatoms. The first-order valence-electron chi connectivity index (χ1n) is 8.33. The lowest BCUT2D eigenvalue weighted by molar-refractivity contribution is -0.141. The molecule has 0 aliphatic rings. The molecular weight excluding hydrogens is 350 g/mol. The van der Waals surface area contributed by atoms with Gasteiger partial charge in [0.15, 0.2) is 18.1 Å². The van der Waals surface area contributed by atoms with Crippen LogP contribution in [-0.2, 0) is 14.3 Å². The SMILES string of the molecule is COC(=O)C[C@H](NC(=O)COc1ccccc1)c1ccc(OC)c(OC)c1. The number of hydrogen-bond donors (Lipinski definition) is 1. The van der Waals surface area contributed by atoms with Crippen molar-refractivity contribution >= 4 is 11.9 Å². The topological polar surface area (TPSA) is 83.1 Å². The molecule has 2 rings (SSSR count). The molecule has 0 aromatic heterocycles. The van der Waals surface area contributed by atoms with Crippen LogP contribution in [0.25, 0.3) is 0 Å². The number of para-hydroxylation sites is 1. The Labute approximate surface area is 158 Å². The molecule has 1 N–H and O–H groups in total. The highest BCUT2D eigenvalue weighted by atomic mass is 16.5. The average molecular weight is 373 g/mol. The Morgan fingerprint density at radius 1 is 0.963 bits per heavy atom. The first-order chi connectivity index (χ1) is 13.1. The minimum Gasteiger partial charge on any atom is -0.493 e. The number of carbonyl (C=O) groups is 2. The summed E-state index contributed by atoms with van der Waals surface area (Å²) in [5.41, 5.74) is 0.686. The standard InChI is InChI=1S/C20H23NO6/c1-24-17-10-9-14(11-18(17)25-2)16(12-20(23)26-3)21-19(22)13-27-15-7-5-4-6-8-15/h4-11,16H,12-13H2,1-3H3,(H,21,22)/t16-/m0/s1. The van der Waals surface area contributed by atoms with Gasteiger partial charge >= 0.3 is 5.97 Å². The molecule has 1 atom stereocenters. The van der Waals surface area contributed by atoms with Gasteiger partial charge in [-0.1, -0.05) is 24.3 Å². The van der Waals surface area contributed by atoms with Gasteiger partial charge in [0.1, 0.15) is 5.75 Å². The largest absolute Gasteiger partial charge is 0.493 e. The van der Waals surface area contributed by atoms with E-state index in [0.29, 0.717) is 22.8 Å². The maximum atomic E-state index is 12.3. The van der Waals surface area contributed by atoms with E-state index >= 15 is 0 Å². The number of methoxy groups -OCH3 is 3. The van der Waals surface area contributed by atoms with Gasteiger partial charge in [0.2, 0.25) is 0 Å². The van der Waals surface area contributed by atoms with Crippen LogP contribution < -0.4 is 19.5 Å². The summed E-state index contributed by atoms with van der Waals surface area (Å²) in [4.78, 5) is 24.1. The smallest absolute Gasteiger partial charge is 0.307 e. The second-order valence-electron chi connectivity index (χ2n) is 5.62. The fourth-order valence-corrected chi connectivity index (χ4v) is 2.47. The molecule has 0 saturated carbocycles. The molecule has 0 spiro atoms. The minimum atomic E-state index is -0.593. The van der Waals surface area contributed by atoms with E-state index in [1.54, 1.807) is 30.3 Å². The quantitative estimate of drug-likeness (QED) is 0.680. The first-order valence-corrected chi connectivity index (χ1v) is 8.33. The summed E-state index contributed by atoms with van der Waals surface area (Å²) in [5, 5.41) is 2.80. The molecule has 0 unspecified atom stereocenters. The molecule has 2 aromatic rings. The van der Waals surface area contributed by atoms with Crippen molar-refractivity contribution in [2.75, 3.05) is 27.9 Å². The molecule has 2 aromatic carbocycles. The number of rotatable bonds is 9. The molecule has 0 radical (unpaired) electrons. The summed E-state index contributed by atoms with van der Waals surface area (Å²) in [5.74, 6) is 0.835. The fraction of sp³-hybridized carbons (Fsp3) is 0.300. The van der Waals surface area contributed by atoms with Crippen molar-refractivity contribution in [3.05, 3.63) is 54.1 Å². The normalized spacial score (nSPS) is 11.2. The van der Waals surface area contributed by atoms with Gasteiger partial charge in [-0.3, -0.25) is 9.59 Å². The number of ether oxygens (including phenoxy) is 4. The van der Waals surface area contributed by atoms with Crippen molar-refractivity contribution in [1.29, 1.82) is 0 Å². The Morgan fingerprint density at radius 3 is 2.30 bits per heavy atom. The maximum Gasteiger partial charge on any atom is 0.307 e. The highest BCUT2D eigenvalue weighted by Crippen LogP contribution is 2.31. The molecule has 7 nitrogen and oxygen atoms in total. The molecule has 0 aliphatic carbocycles. The minimum absolute atomic E-state index is 0.0247. The lowest BCUT2D eigenvalue weighted by Gasteiger charge is -2.20. The van der Waals surface area contributed by atoms with Crippen molar-refractivity contribution < 1.29 is 28.5 Å². The zero-order valence-electron chi connectivity index (χ0n) is 15.6. The van der Waals surface area contributed by atoms with Crippen LogP contribution in [0.4, 0.5) is 0 Å². The maximum absolute atomic E-state index is 12.3. The van der Waals surface area contributed by atoms with Crippen LogP contribution >= 0.6 is 0 Å². The van der Waals surface area contributed by atoms with Crippen molar-refractivity contribution in [1.82, 2.24) is 5.32 Å². The second kappa shape index (κ2) is 10.1. The van der Waals surface area contributed by atoms with E-state index < -0.39 is 12.0 Å². The van der Waals surface area contributed by atoms with Gasteiger partial charge in [0, 0.05) is 0 Å². The Balaban J connectivity index is 2.11. The third kappa shape index (κ3) is 5.91. The summed E-state index contributed by atoms with van der Waals surface area (Å²) >= 11 is 0. The van der Waals surface area contributed by atoms with Gasteiger partial charge in [-0.2, -0.15) is 0 Å². The van der Waals surface area contributed by atoms with Crippen molar-refractivity contribution in [2.45, 2.75) is 12.5 Å². The zero-order chi connectivity index (χ0) is 19.6. The Bertz CT molecular complexity index is 762. The van der Waals surface area contributed by atoms with Crippen LogP contribution in [0.5, 0.6) is 17.2 Å². The first kappa shape index (κ1) is 20.1. The fourth-order valence-electron chi connectivity index (χ4n) is 2.47. The molecular formula is C20H23NO6. The van der Waals surface area contributed by atoms with E-state index in [1.165, 1.54) is 21.3 Å². The summed E-state index contributed by atoms with van der Waals surface area (Å²) in [6, 6.07) is 13.6. The third-order valence-corrected chi connectivity index (χ3v) is 3.86. The van der Waals surface area contributed by atoms with Crippen LogP contribution in [0, 0.1) is 0 Å². The van der Waals surface area contributed by atoms with E-state index in [0.717, 1.165) is 0 Å². The Morgan fingerprint density at radius 2 is 1.67 bits per heavy atom. The Kier molecular flexibility index (Phi) is 7.49. The van der Waals surface area contributed by atoms with Crippen LogP contribution in [0.3, 0.4) is 0 Å². The van der Waals surface area contributed by atoms with Gasteiger partial charge < -0.3 is 24.3 Å². The number of carbonyl (C=O) groups excluding carboxylic acids is 2. The number of hydrogen-bond acceptors (Lipinski definition) is 6. The number of esters is 1. The Hall–Kier alpha value is -3.22. The van der Waals surface area contributed by atoms with Crippen LogP contribution in [-0.4, -0.2) is 39.8 Å². The van der Waals surface area contributed by atoms with Gasteiger partial charge in [-0.25, -0.2) is 0 Å². The summed E-state index contributed by atoms with van der Waals surface area (Å²) in [6.45, 7) is -0.172. The second-order valence-corrected chi connectivity index (χ2v) is 5.62. The van der Waals surface area contributed by atoms with Gasteiger partial charge in [-0.05, 0) is 29.8 Å². The van der Waals surface area contributed by atoms with Gasteiger partial charge in [0.05, 0.1) is 33.8 Å². The lowest BCUT2D eigenvalue weighted by atomic mass is 10.0. The highest BCUT2D eigenvalue weighted by Gasteiger charge is 2.21. The zero-order valence-corrected chi connectivity index (χ0v) is 15.6. The van der Waals surface area contributed by atoms with Gasteiger partial charge in [0.25, 0.3) is 5.91 Å². The van der Waals surface area contributed by atoms with E-state index in [-0.39, 0.29) is 18.9 Å². The summed E-state index contributed by atoms with van der Waals surface area (Å²) < 4.78 is 20.7. The van der Waals surface area contributed by atoms with Crippen LogP contribution in [0.15, 0.2) is 48.5 Å². The summed E-state index contributed by atoms with van der Waals surface area (Å²) in [6.07, 6.45) is -0.0247. The molecule has 27 heavy (non-hydrogen) atoms. The molecule has 144 valence electrons. The summed E-state index contributed by atoms with van der Waals surface area (Å²) in [7, 11) is 4.35. The molecule has 0 heterocycles. The number of nitrogens with one attached hydrogen (secondary N) is 1. The molecule has 0 fully saturated rings. The molecule has 0 aliphatic heterocycles. The van der Waals surface area contributed by atoms with E-state index in [4.69, 9.17) is 18.9 Å². The van der Waals surface area contributed by atoms with Crippen molar-refractivity contribution in [3.8, 4) is 17.2 Å². The highest BCUT2D eigenvalue weighted by molar-refractivity contribution is 5.79.